The summed E-state index contributed by atoms with van der Waals surface area (Å²) in [6, 6.07) is 10.6. The van der Waals surface area contributed by atoms with Crippen LogP contribution in [0.1, 0.15) is 34.7 Å². The van der Waals surface area contributed by atoms with Crippen LogP contribution in [0.5, 0.6) is 0 Å². The second-order valence-corrected chi connectivity index (χ2v) is 6.49. The van der Waals surface area contributed by atoms with Crippen LogP contribution in [-0.4, -0.2) is 24.8 Å². The van der Waals surface area contributed by atoms with Gasteiger partial charge in [-0.2, -0.15) is 0 Å². The number of hydrogen-bond acceptors (Lipinski definition) is 1. The summed E-state index contributed by atoms with van der Waals surface area (Å²) in [4.78, 5) is 6.51. The summed E-state index contributed by atoms with van der Waals surface area (Å²) < 4.78 is 0. The Morgan fingerprint density at radius 3 is 2.52 bits per heavy atom. The topological polar surface area (TPSA) is 15.6 Å². The molecule has 0 saturated heterocycles. The first-order valence-corrected chi connectivity index (χ1v) is 8.38. The van der Waals surface area contributed by atoms with E-state index in [2.05, 4.69) is 63.0 Å². The molecule has 0 spiro atoms. The van der Waals surface area contributed by atoms with E-state index in [1.807, 2.05) is 18.3 Å². The number of nitrogens with zero attached hydrogens (tertiary/aromatic N) is 2. The molecule has 0 aliphatic carbocycles. The maximum absolute atomic E-state index is 6.43. The van der Waals surface area contributed by atoms with Crippen LogP contribution in [0.3, 0.4) is 0 Å². The fourth-order valence-electron chi connectivity index (χ4n) is 2.45. The van der Waals surface area contributed by atoms with Crippen molar-refractivity contribution in [2.24, 2.45) is 4.99 Å². The monoisotopic (exact) mass is 328 g/mol. The van der Waals surface area contributed by atoms with E-state index in [9.17, 15) is 0 Å². The van der Waals surface area contributed by atoms with Crippen molar-refractivity contribution in [2.45, 2.75) is 34.1 Å². The van der Waals surface area contributed by atoms with Gasteiger partial charge in [0, 0.05) is 13.6 Å². The van der Waals surface area contributed by atoms with Crippen molar-refractivity contribution in [3.8, 4) is 0 Å². The zero-order valence-electron chi connectivity index (χ0n) is 14.7. The highest BCUT2D eigenvalue weighted by atomic mass is 35.5. The van der Waals surface area contributed by atoms with Crippen LogP contribution in [0.25, 0.3) is 0 Å². The molecule has 3 heteroatoms. The van der Waals surface area contributed by atoms with Crippen molar-refractivity contribution in [3.63, 3.8) is 0 Å². The first-order chi connectivity index (χ1) is 10.9. The lowest BCUT2D eigenvalue weighted by Gasteiger charge is -2.13. The molecule has 0 aliphatic rings. The van der Waals surface area contributed by atoms with Crippen molar-refractivity contribution in [2.75, 3.05) is 13.6 Å². The van der Waals surface area contributed by atoms with Gasteiger partial charge in [-0.1, -0.05) is 29.8 Å². The summed E-state index contributed by atoms with van der Waals surface area (Å²) in [5, 5.41) is 0.705. The smallest absolute Gasteiger partial charge is 0.0910 e. The third kappa shape index (κ3) is 4.35. The number of halogens is 1. The lowest BCUT2D eigenvalue weighted by molar-refractivity contribution is 0.552. The van der Waals surface area contributed by atoms with Crippen LogP contribution in [0.15, 0.2) is 35.3 Å². The maximum Gasteiger partial charge on any atom is 0.0910 e. The second kappa shape index (κ2) is 7.65. The minimum atomic E-state index is 0.705. The van der Waals surface area contributed by atoms with Gasteiger partial charge in [-0.05, 0) is 74.1 Å². The molecular weight excluding hydrogens is 304 g/mol. The molecule has 0 saturated carbocycles. The summed E-state index contributed by atoms with van der Waals surface area (Å²) in [7, 11) is 2.00. The molecular formula is C20H25ClN2. The Balaban J connectivity index is 2.30. The van der Waals surface area contributed by atoms with Gasteiger partial charge in [0.1, 0.15) is 0 Å². The Hall–Kier alpha value is -1.80. The number of aryl methyl sites for hydroxylation is 2. The molecule has 0 N–H and O–H groups in total. The number of rotatable bonds is 5. The third-order valence-electron chi connectivity index (χ3n) is 4.40. The minimum absolute atomic E-state index is 0.705. The first-order valence-electron chi connectivity index (χ1n) is 8.01. The van der Waals surface area contributed by atoms with E-state index >= 15 is 0 Å². The van der Waals surface area contributed by atoms with Gasteiger partial charge in [-0.25, -0.2) is 4.99 Å². The lowest BCUT2D eigenvalue weighted by atomic mass is 9.95. The van der Waals surface area contributed by atoms with Gasteiger partial charge in [0.15, 0.2) is 0 Å². The first kappa shape index (κ1) is 17.6. The predicted molar refractivity (Wildman–Crippen MR) is 101 cm³/mol. The van der Waals surface area contributed by atoms with E-state index < -0.39 is 0 Å². The van der Waals surface area contributed by atoms with Gasteiger partial charge < -0.3 is 4.90 Å². The van der Waals surface area contributed by atoms with E-state index in [0.29, 0.717) is 5.02 Å². The normalized spacial score (nSPS) is 11.2. The number of hydrogen-bond donors (Lipinski definition) is 0. The Morgan fingerprint density at radius 1 is 1.09 bits per heavy atom. The van der Waals surface area contributed by atoms with Crippen molar-refractivity contribution < 1.29 is 0 Å². The van der Waals surface area contributed by atoms with E-state index in [1.54, 1.807) is 0 Å². The molecule has 2 aromatic rings. The van der Waals surface area contributed by atoms with E-state index in [-0.39, 0.29) is 0 Å². The van der Waals surface area contributed by atoms with E-state index in [4.69, 9.17) is 11.6 Å². The van der Waals surface area contributed by atoms with Crippen molar-refractivity contribution in [3.05, 3.63) is 63.2 Å². The molecule has 0 atom stereocenters. The lowest BCUT2D eigenvalue weighted by Crippen LogP contribution is -2.14. The average molecular weight is 329 g/mol. The molecule has 23 heavy (non-hydrogen) atoms. The fraction of sp³-hybridized carbons (Fsp3) is 0.350. The SMILES string of the molecule is CCN(C)C=Nc1cc(C)c(Cc2cccc(C)c2C)cc1Cl. The Morgan fingerprint density at radius 2 is 1.83 bits per heavy atom. The van der Waals surface area contributed by atoms with E-state index in [0.717, 1.165) is 18.7 Å². The maximum atomic E-state index is 6.43. The molecule has 0 aromatic heterocycles. The zero-order chi connectivity index (χ0) is 17.0. The Bertz CT molecular complexity index is 720. The molecule has 0 amide bonds. The highest BCUT2D eigenvalue weighted by Gasteiger charge is 2.08. The number of benzene rings is 2. The molecule has 0 bridgehead atoms. The van der Waals surface area contributed by atoms with Crippen LogP contribution >= 0.6 is 11.6 Å². The molecule has 0 radical (unpaired) electrons. The van der Waals surface area contributed by atoms with Gasteiger partial charge in [0.05, 0.1) is 17.0 Å². The Kier molecular flexibility index (Phi) is 5.84. The van der Waals surface area contributed by atoms with E-state index in [1.165, 1.54) is 27.8 Å². The van der Waals surface area contributed by atoms with Gasteiger partial charge in [-0.3, -0.25) is 0 Å². The van der Waals surface area contributed by atoms with Gasteiger partial charge in [0.2, 0.25) is 0 Å². The highest BCUT2D eigenvalue weighted by Crippen LogP contribution is 2.30. The van der Waals surface area contributed by atoms with Crippen LogP contribution in [0.2, 0.25) is 5.02 Å². The number of aliphatic imine (C=N–C) groups is 1. The molecule has 122 valence electrons. The van der Waals surface area contributed by atoms with Crippen LogP contribution in [0.4, 0.5) is 5.69 Å². The van der Waals surface area contributed by atoms with Crippen LogP contribution < -0.4 is 0 Å². The summed E-state index contributed by atoms with van der Waals surface area (Å²) in [5.74, 6) is 0. The van der Waals surface area contributed by atoms with Crippen LogP contribution in [-0.2, 0) is 6.42 Å². The summed E-state index contributed by atoms with van der Waals surface area (Å²) >= 11 is 6.43. The standard InChI is InChI=1S/C20H25ClN2/c1-6-23(5)13-22-20-10-15(3)18(12-19(20)21)11-17-9-7-8-14(2)16(17)4/h7-10,12-13H,6,11H2,1-5H3. The quantitative estimate of drug-likeness (QED) is 0.525. The predicted octanol–water partition coefficient (Wildman–Crippen LogP) is 5.47. The van der Waals surface area contributed by atoms with Crippen molar-refractivity contribution >= 4 is 23.6 Å². The van der Waals surface area contributed by atoms with Crippen molar-refractivity contribution in [1.29, 1.82) is 0 Å². The molecule has 2 aromatic carbocycles. The molecule has 2 nitrogen and oxygen atoms in total. The van der Waals surface area contributed by atoms with Gasteiger partial charge in [-0.15, -0.1) is 0 Å². The summed E-state index contributed by atoms with van der Waals surface area (Å²) in [6.07, 6.45) is 2.73. The molecule has 2 rings (SSSR count). The second-order valence-electron chi connectivity index (χ2n) is 6.08. The molecule has 0 unspecified atom stereocenters. The van der Waals surface area contributed by atoms with Gasteiger partial charge >= 0.3 is 0 Å². The van der Waals surface area contributed by atoms with Crippen LogP contribution in [0, 0.1) is 20.8 Å². The van der Waals surface area contributed by atoms with Crippen molar-refractivity contribution in [1.82, 2.24) is 4.90 Å². The third-order valence-corrected chi connectivity index (χ3v) is 4.70. The molecule has 0 fully saturated rings. The zero-order valence-corrected chi connectivity index (χ0v) is 15.4. The summed E-state index contributed by atoms with van der Waals surface area (Å²) in [5.41, 5.74) is 7.35. The van der Waals surface area contributed by atoms with Gasteiger partial charge in [0.25, 0.3) is 0 Å². The Labute approximate surface area is 144 Å². The average Bonchev–Trinajstić information content (AvgIpc) is 2.53. The molecule has 0 heterocycles. The minimum Gasteiger partial charge on any atom is -0.366 e. The molecule has 0 aliphatic heterocycles. The summed E-state index contributed by atoms with van der Waals surface area (Å²) in [6.45, 7) is 9.47. The fourth-order valence-corrected chi connectivity index (χ4v) is 2.68. The largest absolute Gasteiger partial charge is 0.366 e. The highest BCUT2D eigenvalue weighted by molar-refractivity contribution is 6.33.